The van der Waals surface area contributed by atoms with Gasteiger partial charge in [-0.05, 0) is 36.8 Å². The van der Waals surface area contributed by atoms with Crippen molar-refractivity contribution in [3.05, 3.63) is 59.7 Å². The van der Waals surface area contributed by atoms with Crippen molar-refractivity contribution in [3.8, 4) is 5.75 Å². The van der Waals surface area contributed by atoms with E-state index in [1.54, 1.807) is 6.07 Å². The Kier molecular flexibility index (Phi) is 8.19. The summed E-state index contributed by atoms with van der Waals surface area (Å²) in [6.45, 7) is 5.23. The van der Waals surface area contributed by atoms with E-state index < -0.39 is 17.8 Å². The average Bonchev–Trinajstić information content (AvgIpc) is 2.67. The highest BCUT2D eigenvalue weighted by molar-refractivity contribution is 5.85. The van der Waals surface area contributed by atoms with Gasteiger partial charge < -0.3 is 14.7 Å². The molecule has 0 saturated carbocycles. The van der Waals surface area contributed by atoms with Crippen LogP contribution in [0.25, 0.3) is 0 Å². The van der Waals surface area contributed by atoms with Crippen LogP contribution < -0.4 is 9.64 Å². The molecule has 160 valence electrons. The molecule has 29 heavy (non-hydrogen) atoms. The molecule has 1 aliphatic heterocycles. The normalized spacial score (nSPS) is 16.2. The number of aliphatic hydroxyl groups is 1. The van der Waals surface area contributed by atoms with Crippen molar-refractivity contribution < 1.29 is 23.0 Å². The van der Waals surface area contributed by atoms with Gasteiger partial charge in [-0.1, -0.05) is 24.3 Å². The molecule has 8 heteroatoms. The van der Waals surface area contributed by atoms with E-state index in [-0.39, 0.29) is 19.0 Å². The minimum absolute atomic E-state index is 0. The summed E-state index contributed by atoms with van der Waals surface area (Å²) in [5.41, 5.74) is 0.971. The number of ether oxygens (including phenoxy) is 1. The molecule has 1 fully saturated rings. The van der Waals surface area contributed by atoms with Crippen molar-refractivity contribution in [2.24, 2.45) is 0 Å². The molecule has 1 heterocycles. The van der Waals surface area contributed by atoms with E-state index >= 15 is 0 Å². The molecular formula is C21H26ClF3N2O2. The predicted octanol–water partition coefficient (Wildman–Crippen LogP) is 4.00. The molecule has 1 saturated heterocycles. The number of anilines is 1. The highest BCUT2D eigenvalue weighted by Gasteiger charge is 2.31. The second-order valence-corrected chi connectivity index (χ2v) is 7.07. The highest BCUT2D eigenvalue weighted by atomic mass is 35.5. The maximum absolute atomic E-state index is 12.9. The van der Waals surface area contributed by atoms with Crippen LogP contribution in [0.4, 0.5) is 18.9 Å². The Labute approximate surface area is 175 Å². The molecular weight excluding hydrogens is 405 g/mol. The number of benzene rings is 2. The summed E-state index contributed by atoms with van der Waals surface area (Å²) in [6, 6.07) is 13.1. The third-order valence-electron chi connectivity index (χ3n) is 4.90. The first-order valence-corrected chi connectivity index (χ1v) is 9.34. The lowest BCUT2D eigenvalue weighted by Crippen LogP contribution is -2.49. The van der Waals surface area contributed by atoms with Crippen molar-refractivity contribution in [2.75, 3.05) is 44.2 Å². The van der Waals surface area contributed by atoms with E-state index in [9.17, 15) is 18.3 Å². The standard InChI is InChI=1S/C21H25F3N2O2.ClH/c1-16-5-2-3-8-20(16)28-15-19(27)14-25-9-11-26(12-10-25)18-7-4-6-17(13-18)21(22,23)24;/h2-8,13,19,27H,9-12,14-15H2,1H3;1H. The molecule has 0 bridgehead atoms. The monoisotopic (exact) mass is 430 g/mol. The van der Waals surface area contributed by atoms with Gasteiger partial charge in [-0.2, -0.15) is 13.2 Å². The van der Waals surface area contributed by atoms with Crippen LogP contribution in [0.2, 0.25) is 0 Å². The zero-order chi connectivity index (χ0) is 20.1. The minimum Gasteiger partial charge on any atom is -0.491 e. The molecule has 0 aromatic heterocycles. The maximum Gasteiger partial charge on any atom is 0.416 e. The van der Waals surface area contributed by atoms with Crippen molar-refractivity contribution in [2.45, 2.75) is 19.2 Å². The Hall–Kier alpha value is -1.96. The van der Waals surface area contributed by atoms with Crippen molar-refractivity contribution in [1.29, 1.82) is 0 Å². The number of β-amino-alcohol motifs (C(OH)–C–C–N with tert-alkyl or cyclic N) is 1. The van der Waals surface area contributed by atoms with E-state index in [2.05, 4.69) is 4.90 Å². The fraction of sp³-hybridized carbons (Fsp3) is 0.429. The molecule has 4 nitrogen and oxygen atoms in total. The van der Waals surface area contributed by atoms with Crippen LogP contribution >= 0.6 is 12.4 Å². The van der Waals surface area contributed by atoms with Crippen LogP contribution in [0.3, 0.4) is 0 Å². The smallest absolute Gasteiger partial charge is 0.416 e. The van der Waals surface area contributed by atoms with E-state index in [0.717, 1.165) is 17.4 Å². The number of hydrogen-bond donors (Lipinski definition) is 1. The summed E-state index contributed by atoms with van der Waals surface area (Å²) < 4.78 is 44.4. The number of halogens is 4. The second-order valence-electron chi connectivity index (χ2n) is 7.07. The predicted molar refractivity (Wildman–Crippen MR) is 110 cm³/mol. The first-order valence-electron chi connectivity index (χ1n) is 9.34. The number of aryl methyl sites for hydroxylation is 1. The molecule has 2 aromatic carbocycles. The number of rotatable bonds is 6. The Balaban J connectivity index is 0.00000300. The first kappa shape index (κ1) is 23.3. The minimum atomic E-state index is -4.33. The van der Waals surface area contributed by atoms with Gasteiger partial charge in [0.2, 0.25) is 0 Å². The van der Waals surface area contributed by atoms with Gasteiger partial charge >= 0.3 is 6.18 Å². The average molecular weight is 431 g/mol. The molecule has 0 aliphatic carbocycles. The number of nitrogens with zero attached hydrogens (tertiary/aromatic N) is 2. The molecule has 0 amide bonds. The Bertz CT molecular complexity index is 781. The molecule has 0 radical (unpaired) electrons. The molecule has 2 aromatic rings. The van der Waals surface area contributed by atoms with Crippen LogP contribution in [-0.2, 0) is 6.18 Å². The lowest BCUT2D eigenvalue weighted by Gasteiger charge is -2.37. The van der Waals surface area contributed by atoms with E-state index in [4.69, 9.17) is 4.74 Å². The van der Waals surface area contributed by atoms with Crippen LogP contribution in [0.1, 0.15) is 11.1 Å². The Morgan fingerprint density at radius 1 is 1.03 bits per heavy atom. The SMILES string of the molecule is Cc1ccccc1OCC(O)CN1CCN(c2cccc(C(F)(F)F)c2)CC1.Cl. The highest BCUT2D eigenvalue weighted by Crippen LogP contribution is 2.31. The summed E-state index contributed by atoms with van der Waals surface area (Å²) in [6.07, 6.45) is -4.96. The summed E-state index contributed by atoms with van der Waals surface area (Å²) in [7, 11) is 0. The Morgan fingerprint density at radius 2 is 1.72 bits per heavy atom. The van der Waals surface area contributed by atoms with Gasteiger partial charge in [0.05, 0.1) is 5.56 Å². The summed E-state index contributed by atoms with van der Waals surface area (Å²) in [5.74, 6) is 0.760. The lowest BCUT2D eigenvalue weighted by atomic mass is 10.1. The van der Waals surface area contributed by atoms with Crippen molar-refractivity contribution in [1.82, 2.24) is 4.90 Å². The maximum atomic E-state index is 12.9. The molecule has 3 rings (SSSR count). The van der Waals surface area contributed by atoms with Gasteiger partial charge in [0, 0.05) is 38.4 Å². The fourth-order valence-electron chi connectivity index (χ4n) is 3.32. The summed E-state index contributed by atoms with van der Waals surface area (Å²) >= 11 is 0. The molecule has 0 spiro atoms. The number of piperazine rings is 1. The number of para-hydroxylation sites is 1. The molecule has 1 aliphatic rings. The van der Waals surface area contributed by atoms with Crippen LogP contribution in [0, 0.1) is 6.92 Å². The molecule has 1 unspecified atom stereocenters. The van der Waals surface area contributed by atoms with Gasteiger partial charge in [-0.3, -0.25) is 4.90 Å². The van der Waals surface area contributed by atoms with Gasteiger partial charge in [-0.25, -0.2) is 0 Å². The third-order valence-corrected chi connectivity index (χ3v) is 4.90. The number of alkyl halides is 3. The molecule has 1 N–H and O–H groups in total. The van der Waals surface area contributed by atoms with Gasteiger partial charge in [0.15, 0.2) is 0 Å². The van der Waals surface area contributed by atoms with E-state index in [0.29, 0.717) is 38.4 Å². The van der Waals surface area contributed by atoms with Crippen molar-refractivity contribution >= 4 is 18.1 Å². The zero-order valence-electron chi connectivity index (χ0n) is 16.2. The summed E-state index contributed by atoms with van der Waals surface area (Å²) in [5, 5.41) is 10.3. The quantitative estimate of drug-likeness (QED) is 0.751. The van der Waals surface area contributed by atoms with Gasteiger partial charge in [-0.15, -0.1) is 12.4 Å². The lowest BCUT2D eigenvalue weighted by molar-refractivity contribution is -0.137. The number of aliphatic hydroxyl groups excluding tert-OH is 1. The van der Waals surface area contributed by atoms with E-state index in [1.165, 1.54) is 12.1 Å². The van der Waals surface area contributed by atoms with Crippen molar-refractivity contribution in [3.63, 3.8) is 0 Å². The molecule has 1 atom stereocenters. The third kappa shape index (κ3) is 6.52. The summed E-state index contributed by atoms with van der Waals surface area (Å²) in [4.78, 5) is 4.05. The largest absolute Gasteiger partial charge is 0.491 e. The van der Waals surface area contributed by atoms with Crippen LogP contribution in [-0.4, -0.2) is 55.4 Å². The fourth-order valence-corrected chi connectivity index (χ4v) is 3.32. The van der Waals surface area contributed by atoms with E-state index in [1.807, 2.05) is 36.1 Å². The van der Waals surface area contributed by atoms with Crippen LogP contribution in [0.5, 0.6) is 5.75 Å². The second kappa shape index (κ2) is 10.2. The van der Waals surface area contributed by atoms with Gasteiger partial charge in [0.25, 0.3) is 0 Å². The topological polar surface area (TPSA) is 35.9 Å². The number of hydrogen-bond acceptors (Lipinski definition) is 4. The first-order chi connectivity index (χ1) is 13.3. The zero-order valence-corrected chi connectivity index (χ0v) is 17.0. The van der Waals surface area contributed by atoms with Gasteiger partial charge in [0.1, 0.15) is 18.5 Å². The van der Waals surface area contributed by atoms with Crippen LogP contribution in [0.15, 0.2) is 48.5 Å². The Morgan fingerprint density at radius 3 is 2.38 bits per heavy atom.